The Morgan fingerprint density at radius 3 is 2.61 bits per heavy atom. The molecule has 0 radical (unpaired) electrons. The maximum Gasteiger partial charge on any atom is 0.307 e. The molecule has 0 aromatic heterocycles. The van der Waals surface area contributed by atoms with E-state index < -0.39 is 11.9 Å². The highest BCUT2D eigenvalue weighted by Gasteiger charge is 2.27. The van der Waals surface area contributed by atoms with Crippen LogP contribution in [0.3, 0.4) is 0 Å². The molecule has 0 aliphatic carbocycles. The molecule has 18 heavy (non-hydrogen) atoms. The van der Waals surface area contributed by atoms with Gasteiger partial charge in [0.15, 0.2) is 0 Å². The van der Waals surface area contributed by atoms with E-state index >= 15 is 0 Å². The number of amides is 1. The zero-order valence-electron chi connectivity index (χ0n) is 11.2. The third kappa shape index (κ3) is 5.46. The van der Waals surface area contributed by atoms with Crippen molar-refractivity contribution >= 4 is 11.9 Å². The summed E-state index contributed by atoms with van der Waals surface area (Å²) in [5.74, 6) is -1.44. The summed E-state index contributed by atoms with van der Waals surface area (Å²) >= 11 is 0. The van der Waals surface area contributed by atoms with E-state index in [1.807, 2.05) is 20.8 Å². The van der Waals surface area contributed by atoms with Gasteiger partial charge in [-0.15, -0.1) is 0 Å². The number of rotatable bonds is 4. The van der Waals surface area contributed by atoms with Crippen LogP contribution < -0.4 is 10.6 Å². The average Bonchev–Trinajstić information content (AvgIpc) is 2.24. The van der Waals surface area contributed by atoms with Gasteiger partial charge in [-0.3, -0.25) is 9.59 Å². The molecule has 1 rings (SSSR count). The fraction of sp³-hybridized carbons (Fsp3) is 0.833. The monoisotopic (exact) mass is 258 g/mol. The summed E-state index contributed by atoms with van der Waals surface area (Å²) < 4.78 is 5.43. The highest BCUT2D eigenvalue weighted by atomic mass is 16.5. The smallest absolute Gasteiger partial charge is 0.307 e. The summed E-state index contributed by atoms with van der Waals surface area (Å²) in [5.41, 5.74) is -0.283. The Bertz CT molecular complexity index is 312. The maximum atomic E-state index is 11.5. The van der Waals surface area contributed by atoms with Crippen molar-refractivity contribution in [3.8, 4) is 0 Å². The number of carboxylic acids is 1. The lowest BCUT2D eigenvalue weighted by Crippen LogP contribution is -2.46. The van der Waals surface area contributed by atoms with Crippen molar-refractivity contribution in [2.24, 2.45) is 5.92 Å². The Kier molecular flexibility index (Phi) is 5.10. The first-order valence-electron chi connectivity index (χ1n) is 6.14. The minimum Gasteiger partial charge on any atom is -0.481 e. The van der Waals surface area contributed by atoms with Crippen molar-refractivity contribution in [1.82, 2.24) is 10.6 Å². The summed E-state index contributed by atoms with van der Waals surface area (Å²) in [4.78, 5) is 22.4. The van der Waals surface area contributed by atoms with Crippen LogP contribution in [0.25, 0.3) is 0 Å². The standard InChI is InChI=1S/C12H22N2O4/c1-12(2,3)14-10(15)7-18-9-4-8(11(16)17)5-13-6-9/h8-9,13H,4-7H2,1-3H3,(H,14,15)(H,16,17). The van der Waals surface area contributed by atoms with E-state index in [0.29, 0.717) is 19.5 Å². The Morgan fingerprint density at radius 1 is 1.39 bits per heavy atom. The van der Waals surface area contributed by atoms with Gasteiger partial charge in [0.25, 0.3) is 0 Å². The zero-order valence-corrected chi connectivity index (χ0v) is 11.2. The van der Waals surface area contributed by atoms with Crippen LogP contribution in [-0.4, -0.2) is 48.3 Å². The molecule has 6 heteroatoms. The van der Waals surface area contributed by atoms with E-state index in [0.717, 1.165) is 0 Å². The molecule has 2 atom stereocenters. The summed E-state index contributed by atoms with van der Waals surface area (Å²) in [6, 6.07) is 0. The number of carbonyl (C=O) groups is 2. The minimum absolute atomic E-state index is 0.0318. The van der Waals surface area contributed by atoms with Gasteiger partial charge in [-0.2, -0.15) is 0 Å². The first kappa shape index (κ1) is 14.9. The number of aliphatic carboxylic acids is 1. The summed E-state index contributed by atoms with van der Waals surface area (Å²) in [5, 5.41) is 14.7. The lowest BCUT2D eigenvalue weighted by Gasteiger charge is -2.28. The molecule has 3 N–H and O–H groups in total. The van der Waals surface area contributed by atoms with Crippen molar-refractivity contribution in [3.63, 3.8) is 0 Å². The van der Waals surface area contributed by atoms with Crippen LogP contribution in [0.1, 0.15) is 27.2 Å². The van der Waals surface area contributed by atoms with E-state index in [2.05, 4.69) is 10.6 Å². The lowest BCUT2D eigenvalue weighted by molar-refractivity contribution is -0.144. The molecular formula is C12H22N2O4. The Morgan fingerprint density at radius 2 is 2.06 bits per heavy atom. The molecular weight excluding hydrogens is 236 g/mol. The molecule has 0 spiro atoms. The quantitative estimate of drug-likeness (QED) is 0.659. The predicted octanol–water partition coefficient (Wildman–Crippen LogP) is -0.0196. The molecule has 1 heterocycles. The second-order valence-corrected chi connectivity index (χ2v) is 5.66. The SMILES string of the molecule is CC(C)(C)NC(=O)COC1CNCC(C(=O)O)C1. The van der Waals surface area contributed by atoms with Crippen LogP contribution in [0.15, 0.2) is 0 Å². The van der Waals surface area contributed by atoms with Gasteiger partial charge in [0.05, 0.1) is 12.0 Å². The molecule has 0 aromatic carbocycles. The van der Waals surface area contributed by atoms with Crippen LogP contribution in [0.4, 0.5) is 0 Å². The van der Waals surface area contributed by atoms with Crippen molar-refractivity contribution in [1.29, 1.82) is 0 Å². The molecule has 1 aliphatic heterocycles. The van der Waals surface area contributed by atoms with Crippen molar-refractivity contribution < 1.29 is 19.4 Å². The van der Waals surface area contributed by atoms with E-state index in [9.17, 15) is 9.59 Å². The zero-order chi connectivity index (χ0) is 13.8. The normalized spacial score (nSPS) is 24.6. The maximum absolute atomic E-state index is 11.5. The molecule has 2 unspecified atom stereocenters. The van der Waals surface area contributed by atoms with Gasteiger partial charge in [0.2, 0.25) is 5.91 Å². The first-order valence-corrected chi connectivity index (χ1v) is 6.14. The number of nitrogens with one attached hydrogen (secondary N) is 2. The Hall–Kier alpha value is -1.14. The number of carboxylic acid groups (broad SMARTS) is 1. The Balaban J connectivity index is 2.31. The Labute approximate surface area is 107 Å². The number of ether oxygens (including phenoxy) is 1. The molecule has 0 bridgehead atoms. The fourth-order valence-electron chi connectivity index (χ4n) is 1.87. The molecule has 104 valence electrons. The topological polar surface area (TPSA) is 87.7 Å². The van der Waals surface area contributed by atoms with Gasteiger partial charge in [0, 0.05) is 18.6 Å². The number of hydrogen-bond acceptors (Lipinski definition) is 4. The highest BCUT2D eigenvalue weighted by molar-refractivity contribution is 5.77. The molecule has 1 aliphatic rings. The second-order valence-electron chi connectivity index (χ2n) is 5.66. The van der Waals surface area contributed by atoms with E-state index in [4.69, 9.17) is 9.84 Å². The van der Waals surface area contributed by atoms with Crippen LogP contribution in [-0.2, 0) is 14.3 Å². The van der Waals surface area contributed by atoms with Crippen LogP contribution >= 0.6 is 0 Å². The van der Waals surface area contributed by atoms with Crippen LogP contribution in [0, 0.1) is 5.92 Å². The van der Waals surface area contributed by atoms with Crippen LogP contribution in [0.5, 0.6) is 0 Å². The largest absolute Gasteiger partial charge is 0.481 e. The molecule has 0 aromatic rings. The van der Waals surface area contributed by atoms with Crippen LogP contribution in [0.2, 0.25) is 0 Å². The van der Waals surface area contributed by atoms with Crippen molar-refractivity contribution in [3.05, 3.63) is 0 Å². The summed E-state index contributed by atoms with van der Waals surface area (Å²) in [6.07, 6.45) is 0.232. The number of piperidine rings is 1. The number of carbonyl (C=O) groups excluding carboxylic acids is 1. The van der Waals surface area contributed by atoms with Gasteiger partial charge in [-0.25, -0.2) is 0 Å². The van der Waals surface area contributed by atoms with Gasteiger partial charge < -0.3 is 20.5 Å². The first-order chi connectivity index (χ1) is 8.28. The molecule has 0 saturated carbocycles. The van der Waals surface area contributed by atoms with Gasteiger partial charge >= 0.3 is 5.97 Å². The number of hydrogen-bond donors (Lipinski definition) is 3. The molecule has 1 saturated heterocycles. The van der Waals surface area contributed by atoms with E-state index in [-0.39, 0.29) is 24.2 Å². The van der Waals surface area contributed by atoms with Gasteiger partial charge in [-0.05, 0) is 27.2 Å². The highest BCUT2D eigenvalue weighted by Crippen LogP contribution is 2.13. The third-order valence-electron chi connectivity index (χ3n) is 2.62. The minimum atomic E-state index is -0.824. The van der Waals surface area contributed by atoms with Crippen molar-refractivity contribution in [2.45, 2.75) is 38.8 Å². The van der Waals surface area contributed by atoms with Crippen molar-refractivity contribution in [2.75, 3.05) is 19.7 Å². The van der Waals surface area contributed by atoms with E-state index in [1.165, 1.54) is 0 Å². The van der Waals surface area contributed by atoms with E-state index in [1.54, 1.807) is 0 Å². The second kappa shape index (κ2) is 6.15. The van der Waals surface area contributed by atoms with Gasteiger partial charge in [0.1, 0.15) is 6.61 Å². The third-order valence-corrected chi connectivity index (χ3v) is 2.62. The van der Waals surface area contributed by atoms with Gasteiger partial charge in [-0.1, -0.05) is 0 Å². The average molecular weight is 258 g/mol. The predicted molar refractivity (Wildman–Crippen MR) is 66.2 cm³/mol. The fourth-order valence-corrected chi connectivity index (χ4v) is 1.87. The summed E-state index contributed by atoms with van der Waals surface area (Å²) in [6.45, 7) is 6.71. The molecule has 1 amide bonds. The molecule has 1 fully saturated rings. The summed E-state index contributed by atoms with van der Waals surface area (Å²) in [7, 11) is 0. The lowest BCUT2D eigenvalue weighted by atomic mass is 9.98. The molecule has 6 nitrogen and oxygen atoms in total.